The molecule has 0 aliphatic carbocycles. The molecule has 1 atom stereocenters. The van der Waals surface area contributed by atoms with Gasteiger partial charge in [-0.3, -0.25) is 0 Å². The average molecular weight is 296 g/mol. The Morgan fingerprint density at radius 1 is 1.67 bits per heavy atom. The summed E-state index contributed by atoms with van der Waals surface area (Å²) in [6.07, 6.45) is 2.74. The van der Waals surface area contributed by atoms with Gasteiger partial charge < -0.3 is 11.8 Å². The van der Waals surface area contributed by atoms with Crippen LogP contribution in [0.3, 0.4) is 0 Å². The Hall–Kier alpha value is 0.648. The van der Waals surface area contributed by atoms with Gasteiger partial charge in [0.25, 0.3) is 0 Å². The van der Waals surface area contributed by atoms with E-state index in [2.05, 4.69) is 18.7 Å². The van der Waals surface area contributed by atoms with Crippen molar-refractivity contribution in [2.24, 2.45) is 0 Å². The van der Waals surface area contributed by atoms with Crippen LogP contribution in [0.1, 0.15) is 19.8 Å². The molecule has 54 valence electrons. The minimum absolute atomic E-state index is 0. The first-order valence-electron chi connectivity index (χ1n) is 3.38. The molecule has 0 N–H and O–H groups in total. The molecule has 0 amide bonds. The van der Waals surface area contributed by atoms with Crippen LogP contribution >= 0.6 is 0 Å². The molecule has 1 aliphatic rings. The fourth-order valence-corrected chi connectivity index (χ4v) is 1.32. The van der Waals surface area contributed by atoms with Crippen molar-refractivity contribution in [2.75, 3.05) is 13.1 Å². The van der Waals surface area contributed by atoms with E-state index in [0.717, 1.165) is 12.6 Å². The first-order chi connectivity index (χ1) is 3.84. The van der Waals surface area contributed by atoms with Gasteiger partial charge in [0.1, 0.15) is 0 Å². The number of nitrogens with zero attached hydrogens (tertiary/aromatic N) is 1. The van der Waals surface area contributed by atoms with Crippen molar-refractivity contribution in [3.63, 3.8) is 0 Å². The normalized spacial score (nSPS) is 28.0. The van der Waals surface area contributed by atoms with Gasteiger partial charge in [-0.05, 0) is 26.3 Å². The Labute approximate surface area is 72.1 Å². The summed E-state index contributed by atoms with van der Waals surface area (Å²) < 4.78 is 0. The largest absolute Gasteiger partial charge is 0.330 e. The minimum Gasteiger partial charge on any atom is -0.330 e. The maximum atomic E-state index is 3.84. The molecule has 0 aromatic rings. The monoisotopic (exact) mass is 296 g/mol. The molecule has 0 bridgehead atoms. The Balaban J connectivity index is 0.000000640. The number of rotatable bonds is 1. The zero-order valence-electron chi connectivity index (χ0n) is 5.97. The summed E-state index contributed by atoms with van der Waals surface area (Å²) in [4.78, 5) is 2.42. The topological polar surface area (TPSA) is 3.24 Å². The van der Waals surface area contributed by atoms with Crippen LogP contribution in [0.2, 0.25) is 0 Å². The molecule has 2 heteroatoms. The van der Waals surface area contributed by atoms with Crippen molar-refractivity contribution in [3.8, 4) is 0 Å². The van der Waals surface area contributed by atoms with Crippen LogP contribution in [-0.4, -0.2) is 24.0 Å². The van der Waals surface area contributed by atoms with Gasteiger partial charge in [0.15, 0.2) is 0 Å². The Morgan fingerprint density at radius 2 is 2.33 bits per heavy atom. The van der Waals surface area contributed by atoms with Crippen molar-refractivity contribution in [1.82, 2.24) is 4.90 Å². The fraction of sp³-hybridized carbons (Fsp3) is 0.857. The summed E-state index contributed by atoms with van der Waals surface area (Å²) in [6, 6.07) is 0.799. The average Bonchev–Trinajstić information content (AvgIpc) is 2.14. The van der Waals surface area contributed by atoms with Gasteiger partial charge in [0.05, 0.1) is 0 Å². The zero-order valence-corrected chi connectivity index (χ0v) is 8.90. The standard InChI is InChI=1S/C7H14N.W/c1-3-8-6-4-5-7(8)2;/h7H,1,3-6H2,2H3;/q-1;. The molecule has 0 saturated carbocycles. The van der Waals surface area contributed by atoms with E-state index in [9.17, 15) is 0 Å². The Bertz CT molecular complexity index is 75.3. The molecular weight excluding hydrogens is 282 g/mol. The summed E-state index contributed by atoms with van der Waals surface area (Å²) >= 11 is 0. The van der Waals surface area contributed by atoms with E-state index < -0.39 is 0 Å². The third kappa shape index (κ3) is 2.39. The number of likely N-dealkylation sites (tertiary alicyclic amines) is 1. The van der Waals surface area contributed by atoms with E-state index in [1.54, 1.807) is 0 Å². The van der Waals surface area contributed by atoms with Crippen LogP contribution in [0.4, 0.5) is 0 Å². The van der Waals surface area contributed by atoms with Crippen LogP contribution in [-0.2, 0) is 21.1 Å². The van der Waals surface area contributed by atoms with E-state index in [0.29, 0.717) is 0 Å². The number of hydrogen-bond acceptors (Lipinski definition) is 1. The SMILES string of the molecule is [CH2-]CN1CCCC1C.[W]. The second-order valence-corrected chi connectivity index (χ2v) is 2.53. The summed E-state index contributed by atoms with van der Waals surface area (Å²) in [6.45, 7) is 8.38. The summed E-state index contributed by atoms with van der Waals surface area (Å²) in [5.74, 6) is 0. The van der Waals surface area contributed by atoms with Crippen LogP contribution in [0.15, 0.2) is 0 Å². The van der Waals surface area contributed by atoms with Crippen LogP contribution in [0.25, 0.3) is 0 Å². The van der Waals surface area contributed by atoms with Gasteiger partial charge >= 0.3 is 0 Å². The maximum Gasteiger partial charge on any atom is 0.00388 e. The van der Waals surface area contributed by atoms with Crippen molar-refractivity contribution < 1.29 is 21.1 Å². The molecule has 1 unspecified atom stereocenters. The smallest absolute Gasteiger partial charge is 0.00388 e. The molecule has 1 fully saturated rings. The van der Waals surface area contributed by atoms with Crippen molar-refractivity contribution in [3.05, 3.63) is 6.92 Å². The molecule has 1 aliphatic heterocycles. The van der Waals surface area contributed by atoms with Crippen molar-refractivity contribution >= 4 is 0 Å². The first-order valence-corrected chi connectivity index (χ1v) is 3.38. The second kappa shape index (κ2) is 4.46. The van der Waals surface area contributed by atoms with Gasteiger partial charge in [0, 0.05) is 27.1 Å². The second-order valence-electron chi connectivity index (χ2n) is 2.53. The third-order valence-corrected chi connectivity index (χ3v) is 1.98. The first kappa shape index (κ1) is 9.65. The van der Waals surface area contributed by atoms with E-state index in [1.807, 2.05) is 0 Å². The van der Waals surface area contributed by atoms with Gasteiger partial charge in [-0.25, -0.2) is 0 Å². The predicted molar refractivity (Wildman–Crippen MR) is 35.6 cm³/mol. The van der Waals surface area contributed by atoms with E-state index in [1.165, 1.54) is 19.4 Å². The number of hydrogen-bond donors (Lipinski definition) is 0. The molecule has 0 aromatic carbocycles. The fourth-order valence-electron chi connectivity index (χ4n) is 1.32. The minimum atomic E-state index is 0. The molecule has 0 radical (unpaired) electrons. The van der Waals surface area contributed by atoms with E-state index >= 15 is 0 Å². The molecule has 0 spiro atoms. The van der Waals surface area contributed by atoms with Crippen LogP contribution in [0, 0.1) is 6.92 Å². The molecule has 1 nitrogen and oxygen atoms in total. The molecule has 1 rings (SSSR count). The predicted octanol–water partition coefficient (Wildman–Crippen LogP) is 1.30. The van der Waals surface area contributed by atoms with Gasteiger partial charge in [0.2, 0.25) is 0 Å². The van der Waals surface area contributed by atoms with Crippen molar-refractivity contribution in [2.45, 2.75) is 25.8 Å². The van der Waals surface area contributed by atoms with E-state index in [4.69, 9.17) is 0 Å². The summed E-state index contributed by atoms with van der Waals surface area (Å²) in [7, 11) is 0. The molecule has 1 saturated heterocycles. The molecular formula is C7H14NW-. The summed E-state index contributed by atoms with van der Waals surface area (Å²) in [5.41, 5.74) is 0. The Kier molecular flexibility index (Phi) is 4.78. The maximum absolute atomic E-state index is 3.84. The molecule has 0 aromatic heterocycles. The van der Waals surface area contributed by atoms with Gasteiger partial charge in [-0.15, -0.1) is 6.54 Å². The quantitative estimate of drug-likeness (QED) is 0.659. The van der Waals surface area contributed by atoms with Crippen molar-refractivity contribution in [1.29, 1.82) is 0 Å². The van der Waals surface area contributed by atoms with Crippen LogP contribution < -0.4 is 0 Å². The van der Waals surface area contributed by atoms with Gasteiger partial charge in [-0.1, -0.05) is 0 Å². The zero-order chi connectivity index (χ0) is 5.98. The van der Waals surface area contributed by atoms with Crippen LogP contribution in [0.5, 0.6) is 0 Å². The van der Waals surface area contributed by atoms with E-state index in [-0.39, 0.29) is 21.1 Å². The Morgan fingerprint density at radius 3 is 2.56 bits per heavy atom. The summed E-state index contributed by atoms with van der Waals surface area (Å²) in [5, 5.41) is 0. The molecule has 9 heavy (non-hydrogen) atoms. The molecule has 1 heterocycles. The third-order valence-electron chi connectivity index (χ3n) is 1.98. The van der Waals surface area contributed by atoms with Gasteiger partial charge in [-0.2, -0.15) is 0 Å².